The quantitative estimate of drug-likeness (QED) is 0.730. The zero-order valence-electron chi connectivity index (χ0n) is 13.0. The van der Waals surface area contributed by atoms with Gasteiger partial charge in [0.15, 0.2) is 0 Å². The fourth-order valence-electron chi connectivity index (χ4n) is 2.92. The third-order valence-electron chi connectivity index (χ3n) is 4.24. The van der Waals surface area contributed by atoms with Crippen LogP contribution in [0.2, 0.25) is 0 Å². The van der Waals surface area contributed by atoms with E-state index in [9.17, 15) is 13.2 Å². The minimum Gasteiger partial charge on any atom is -0.399 e. The molecule has 2 heterocycles. The van der Waals surface area contributed by atoms with Crippen LogP contribution in [0.1, 0.15) is 0 Å². The lowest BCUT2D eigenvalue weighted by Gasteiger charge is -2.33. The first-order chi connectivity index (χ1) is 10.8. The predicted octanol–water partition coefficient (Wildman–Crippen LogP) is -0.511. The molecule has 1 aromatic carbocycles. The molecule has 1 aliphatic rings. The molecule has 3 N–H and O–H groups in total. The highest BCUT2D eigenvalue weighted by Gasteiger charge is 2.23. The Morgan fingerprint density at radius 3 is 2.52 bits per heavy atom. The zero-order chi connectivity index (χ0) is 16.6. The van der Waals surface area contributed by atoms with Gasteiger partial charge in [-0.1, -0.05) is 0 Å². The molecule has 3 rings (SSSR count). The van der Waals surface area contributed by atoms with Crippen molar-refractivity contribution in [2.45, 2.75) is 6.54 Å². The highest BCUT2D eigenvalue weighted by Crippen LogP contribution is 2.14. The van der Waals surface area contributed by atoms with E-state index in [0.29, 0.717) is 45.0 Å². The van der Waals surface area contributed by atoms with E-state index < -0.39 is 10.0 Å². The summed E-state index contributed by atoms with van der Waals surface area (Å²) in [5.41, 5.74) is 7.83. The van der Waals surface area contributed by atoms with Crippen LogP contribution in [0.4, 0.5) is 5.69 Å². The first-order valence-corrected chi connectivity index (χ1v) is 9.35. The minimum absolute atomic E-state index is 0.152. The molecular weight excluding hydrogens is 318 g/mol. The topological polar surface area (TPSA) is 104 Å². The average Bonchev–Trinajstić information content (AvgIpc) is 2.79. The lowest BCUT2D eigenvalue weighted by Crippen LogP contribution is -2.49. The molecule has 1 saturated heterocycles. The summed E-state index contributed by atoms with van der Waals surface area (Å²) in [7, 11) is -3.12. The number of nitrogen functional groups attached to an aromatic ring is 1. The van der Waals surface area contributed by atoms with Gasteiger partial charge >= 0.3 is 5.69 Å². The monoisotopic (exact) mass is 339 g/mol. The number of benzene rings is 1. The number of H-pyrrole nitrogens is 1. The van der Waals surface area contributed by atoms with Crippen molar-refractivity contribution in [2.24, 2.45) is 0 Å². The second-order valence-corrected chi connectivity index (χ2v) is 7.84. The molecule has 0 spiro atoms. The van der Waals surface area contributed by atoms with Gasteiger partial charge in [-0.15, -0.1) is 0 Å². The molecule has 1 aromatic heterocycles. The van der Waals surface area contributed by atoms with Crippen LogP contribution in [0.3, 0.4) is 0 Å². The van der Waals surface area contributed by atoms with Gasteiger partial charge in [0.1, 0.15) is 0 Å². The minimum atomic E-state index is -3.12. The summed E-state index contributed by atoms with van der Waals surface area (Å²) in [5, 5.41) is 0. The molecule has 0 aliphatic carbocycles. The molecule has 126 valence electrons. The van der Waals surface area contributed by atoms with E-state index in [2.05, 4.69) is 9.88 Å². The number of fused-ring (bicyclic) bond motifs is 1. The number of hydrogen-bond acceptors (Lipinski definition) is 5. The lowest BCUT2D eigenvalue weighted by molar-refractivity contribution is 0.183. The standard InChI is InChI=1S/C14H21N5O3S/c1-23(21,22)18-7-4-17(5-8-18)6-9-19-13-10-11(15)2-3-12(13)16-14(19)20/h2-3,10H,4-9,15H2,1H3,(H,16,20). The van der Waals surface area contributed by atoms with Gasteiger partial charge in [0, 0.05) is 45.0 Å². The van der Waals surface area contributed by atoms with Gasteiger partial charge in [0.05, 0.1) is 17.3 Å². The molecule has 0 atom stereocenters. The van der Waals surface area contributed by atoms with E-state index in [-0.39, 0.29) is 5.69 Å². The molecule has 0 amide bonds. The molecule has 0 unspecified atom stereocenters. The zero-order valence-corrected chi connectivity index (χ0v) is 13.8. The molecule has 1 fully saturated rings. The van der Waals surface area contributed by atoms with E-state index in [4.69, 9.17) is 5.73 Å². The molecule has 9 heteroatoms. The van der Waals surface area contributed by atoms with Crippen molar-refractivity contribution >= 4 is 26.7 Å². The fraction of sp³-hybridized carbons (Fsp3) is 0.500. The number of hydrogen-bond donors (Lipinski definition) is 2. The van der Waals surface area contributed by atoms with Crippen LogP contribution in [0.15, 0.2) is 23.0 Å². The number of nitrogens with one attached hydrogen (secondary N) is 1. The van der Waals surface area contributed by atoms with E-state index in [1.807, 2.05) is 0 Å². The molecule has 8 nitrogen and oxygen atoms in total. The number of aromatic amines is 1. The summed E-state index contributed by atoms with van der Waals surface area (Å²) in [6.07, 6.45) is 1.23. The number of rotatable bonds is 4. The molecule has 0 radical (unpaired) electrons. The van der Waals surface area contributed by atoms with Gasteiger partial charge in [0.2, 0.25) is 10.0 Å². The number of piperazine rings is 1. The molecule has 0 saturated carbocycles. The van der Waals surface area contributed by atoms with Crippen LogP contribution in [0, 0.1) is 0 Å². The van der Waals surface area contributed by atoms with Crippen molar-refractivity contribution in [1.29, 1.82) is 0 Å². The summed E-state index contributed by atoms with van der Waals surface area (Å²) in [5.74, 6) is 0. The summed E-state index contributed by atoms with van der Waals surface area (Å²) in [6, 6.07) is 5.34. The Labute approximate surface area is 134 Å². The van der Waals surface area contributed by atoms with Crippen molar-refractivity contribution in [3.05, 3.63) is 28.7 Å². The number of nitrogens with zero attached hydrogens (tertiary/aromatic N) is 3. The summed E-state index contributed by atoms with van der Waals surface area (Å²) < 4.78 is 26.2. The second kappa shape index (κ2) is 5.99. The van der Waals surface area contributed by atoms with Crippen molar-refractivity contribution < 1.29 is 8.42 Å². The van der Waals surface area contributed by atoms with Crippen LogP contribution in [0.5, 0.6) is 0 Å². The van der Waals surface area contributed by atoms with E-state index in [1.165, 1.54) is 10.6 Å². The van der Waals surface area contributed by atoms with Crippen molar-refractivity contribution in [2.75, 3.05) is 44.7 Å². The van der Waals surface area contributed by atoms with E-state index in [1.54, 1.807) is 22.8 Å². The van der Waals surface area contributed by atoms with Gasteiger partial charge in [-0.05, 0) is 18.2 Å². The first-order valence-electron chi connectivity index (χ1n) is 7.50. The van der Waals surface area contributed by atoms with Gasteiger partial charge in [0.25, 0.3) is 0 Å². The van der Waals surface area contributed by atoms with Gasteiger partial charge in [-0.2, -0.15) is 4.31 Å². The van der Waals surface area contributed by atoms with Crippen LogP contribution >= 0.6 is 0 Å². The molecule has 23 heavy (non-hydrogen) atoms. The third-order valence-corrected chi connectivity index (χ3v) is 5.54. The van der Waals surface area contributed by atoms with E-state index >= 15 is 0 Å². The Morgan fingerprint density at radius 2 is 1.87 bits per heavy atom. The molecule has 1 aliphatic heterocycles. The van der Waals surface area contributed by atoms with Gasteiger partial charge in [-0.3, -0.25) is 9.47 Å². The Morgan fingerprint density at radius 1 is 1.17 bits per heavy atom. The number of sulfonamides is 1. The van der Waals surface area contributed by atoms with Gasteiger partial charge in [-0.25, -0.2) is 13.2 Å². The number of anilines is 1. The van der Waals surface area contributed by atoms with Gasteiger partial charge < -0.3 is 10.7 Å². The highest BCUT2D eigenvalue weighted by atomic mass is 32.2. The maximum absolute atomic E-state index is 12.1. The second-order valence-electron chi connectivity index (χ2n) is 5.86. The van der Waals surface area contributed by atoms with Crippen LogP contribution in [-0.4, -0.2) is 66.2 Å². The molecule has 2 aromatic rings. The average molecular weight is 339 g/mol. The number of imidazole rings is 1. The predicted molar refractivity (Wildman–Crippen MR) is 89.8 cm³/mol. The van der Waals surface area contributed by atoms with Crippen molar-refractivity contribution in [3.63, 3.8) is 0 Å². The smallest absolute Gasteiger partial charge is 0.326 e. The Kier molecular flexibility index (Phi) is 4.17. The fourth-order valence-corrected chi connectivity index (χ4v) is 3.74. The van der Waals surface area contributed by atoms with Crippen LogP contribution in [0.25, 0.3) is 11.0 Å². The van der Waals surface area contributed by atoms with Crippen molar-refractivity contribution in [1.82, 2.24) is 18.8 Å². The normalized spacial score (nSPS) is 17.8. The molecular formula is C14H21N5O3S. The summed E-state index contributed by atoms with van der Waals surface area (Å²) in [4.78, 5) is 17.0. The summed E-state index contributed by atoms with van der Waals surface area (Å²) >= 11 is 0. The van der Waals surface area contributed by atoms with Crippen LogP contribution in [-0.2, 0) is 16.6 Å². The molecule has 0 bridgehead atoms. The largest absolute Gasteiger partial charge is 0.399 e. The highest BCUT2D eigenvalue weighted by molar-refractivity contribution is 7.88. The third kappa shape index (κ3) is 3.41. The first kappa shape index (κ1) is 16.0. The maximum atomic E-state index is 12.1. The van der Waals surface area contributed by atoms with E-state index in [0.717, 1.165) is 11.0 Å². The Balaban J connectivity index is 1.67. The lowest BCUT2D eigenvalue weighted by atomic mass is 10.3. The van der Waals surface area contributed by atoms with Crippen molar-refractivity contribution in [3.8, 4) is 0 Å². The maximum Gasteiger partial charge on any atom is 0.326 e. The Hall–Kier alpha value is -1.84. The van der Waals surface area contributed by atoms with Crippen LogP contribution < -0.4 is 11.4 Å². The SMILES string of the molecule is CS(=O)(=O)N1CCN(CCn2c(=O)[nH]c3ccc(N)cc32)CC1. The Bertz CT molecular complexity index is 862. The number of nitrogens with two attached hydrogens (primary N) is 1. The summed E-state index contributed by atoms with van der Waals surface area (Å²) in [6.45, 7) is 3.57. The number of aromatic nitrogens is 2.